The molecule has 0 heterocycles. The molecule has 2 amide bonds. The fourth-order valence-electron chi connectivity index (χ4n) is 3.91. The highest BCUT2D eigenvalue weighted by atomic mass is 35.5. The summed E-state index contributed by atoms with van der Waals surface area (Å²) in [4.78, 5) is 28.5. The number of sulfonamides is 1. The van der Waals surface area contributed by atoms with Gasteiger partial charge in [0.2, 0.25) is 11.8 Å². The molecule has 0 aromatic heterocycles. The number of anilines is 1. The van der Waals surface area contributed by atoms with Gasteiger partial charge in [0.1, 0.15) is 18.3 Å². The van der Waals surface area contributed by atoms with Gasteiger partial charge in [-0.25, -0.2) is 8.42 Å². The minimum absolute atomic E-state index is 0.00981. The van der Waals surface area contributed by atoms with Gasteiger partial charge in [-0.1, -0.05) is 54.1 Å². The molecule has 0 aliphatic heterocycles. The zero-order chi connectivity index (χ0) is 28.8. The van der Waals surface area contributed by atoms with E-state index in [2.05, 4.69) is 5.32 Å². The molecule has 8 nitrogen and oxygen atoms in total. The molecule has 0 saturated heterocycles. The highest BCUT2D eigenvalue weighted by Gasteiger charge is 2.34. The van der Waals surface area contributed by atoms with Crippen LogP contribution in [0.15, 0.2) is 83.8 Å². The molecule has 208 valence electrons. The maximum Gasteiger partial charge on any atom is 0.264 e. The summed E-state index contributed by atoms with van der Waals surface area (Å²) in [5, 5.41) is 3.07. The van der Waals surface area contributed by atoms with E-state index in [9.17, 15) is 18.0 Å². The number of halogens is 1. The van der Waals surface area contributed by atoms with E-state index < -0.39 is 34.1 Å². The first-order valence-electron chi connectivity index (χ1n) is 12.4. The van der Waals surface area contributed by atoms with E-state index >= 15 is 0 Å². The Morgan fingerprint density at radius 3 is 2.23 bits per heavy atom. The van der Waals surface area contributed by atoms with E-state index in [1.54, 1.807) is 61.5 Å². The van der Waals surface area contributed by atoms with Crippen LogP contribution in [-0.4, -0.2) is 50.4 Å². The summed E-state index contributed by atoms with van der Waals surface area (Å²) >= 11 is 6.42. The van der Waals surface area contributed by atoms with E-state index in [-0.39, 0.29) is 28.1 Å². The quantitative estimate of drug-likeness (QED) is 0.374. The van der Waals surface area contributed by atoms with Gasteiger partial charge >= 0.3 is 0 Å². The van der Waals surface area contributed by atoms with Crippen molar-refractivity contribution in [3.05, 3.63) is 89.4 Å². The van der Waals surface area contributed by atoms with Gasteiger partial charge in [0.15, 0.2) is 0 Å². The molecular weight excluding hydrogens is 538 g/mol. The monoisotopic (exact) mass is 571 g/mol. The van der Waals surface area contributed by atoms with Crippen LogP contribution in [0.2, 0.25) is 5.02 Å². The number of hydrogen-bond acceptors (Lipinski definition) is 5. The summed E-state index contributed by atoms with van der Waals surface area (Å²) in [6.45, 7) is 6.63. The molecule has 1 N–H and O–H groups in total. The molecular formula is C29H34ClN3O5S. The van der Waals surface area contributed by atoms with Gasteiger partial charge in [-0.3, -0.25) is 13.9 Å². The van der Waals surface area contributed by atoms with Gasteiger partial charge in [0, 0.05) is 12.1 Å². The number of nitrogens with one attached hydrogen (secondary N) is 1. The molecule has 1 atom stereocenters. The van der Waals surface area contributed by atoms with E-state index in [0.717, 1.165) is 4.31 Å². The SMILES string of the molecule is COc1cccc(CN(C(=O)CN(c2ccccc2Cl)S(=O)(=O)c2ccccc2)[C@@H](C)C(=O)NC(C)(C)C)c1. The second-order valence-electron chi connectivity index (χ2n) is 10.1. The van der Waals surface area contributed by atoms with Crippen molar-refractivity contribution < 1.29 is 22.7 Å². The second-order valence-corrected chi connectivity index (χ2v) is 12.3. The van der Waals surface area contributed by atoms with Crippen LogP contribution < -0.4 is 14.4 Å². The fraction of sp³-hybridized carbons (Fsp3) is 0.310. The van der Waals surface area contributed by atoms with Gasteiger partial charge in [-0.15, -0.1) is 0 Å². The molecule has 0 spiro atoms. The predicted molar refractivity (Wildman–Crippen MR) is 153 cm³/mol. The Balaban J connectivity index is 2.05. The first-order chi connectivity index (χ1) is 18.3. The lowest BCUT2D eigenvalue weighted by molar-refractivity contribution is -0.140. The third kappa shape index (κ3) is 7.74. The first-order valence-corrected chi connectivity index (χ1v) is 14.2. The summed E-state index contributed by atoms with van der Waals surface area (Å²) in [5.74, 6) is -0.348. The van der Waals surface area contributed by atoms with Crippen molar-refractivity contribution in [2.24, 2.45) is 0 Å². The predicted octanol–water partition coefficient (Wildman–Crippen LogP) is 4.88. The molecule has 0 radical (unpaired) electrons. The number of ether oxygens (including phenoxy) is 1. The molecule has 0 unspecified atom stereocenters. The van der Waals surface area contributed by atoms with E-state index in [0.29, 0.717) is 11.3 Å². The Morgan fingerprint density at radius 1 is 0.974 bits per heavy atom. The lowest BCUT2D eigenvalue weighted by atomic mass is 10.1. The fourth-order valence-corrected chi connectivity index (χ4v) is 5.65. The molecule has 0 saturated carbocycles. The summed E-state index contributed by atoms with van der Waals surface area (Å²) < 4.78 is 33.9. The van der Waals surface area contributed by atoms with Crippen molar-refractivity contribution in [2.75, 3.05) is 18.0 Å². The van der Waals surface area contributed by atoms with Crippen LogP contribution >= 0.6 is 11.6 Å². The van der Waals surface area contributed by atoms with Crippen LogP contribution in [0, 0.1) is 0 Å². The van der Waals surface area contributed by atoms with Crippen LogP contribution in [0.5, 0.6) is 5.75 Å². The van der Waals surface area contributed by atoms with Crippen LogP contribution in [0.25, 0.3) is 0 Å². The molecule has 10 heteroatoms. The average Bonchev–Trinajstić information content (AvgIpc) is 2.90. The molecule has 3 rings (SSSR count). The van der Waals surface area contributed by atoms with Crippen LogP contribution in [0.1, 0.15) is 33.3 Å². The number of hydrogen-bond donors (Lipinski definition) is 1. The normalized spacial score (nSPS) is 12.4. The van der Waals surface area contributed by atoms with E-state index in [1.165, 1.54) is 30.2 Å². The number of carbonyl (C=O) groups is 2. The van der Waals surface area contributed by atoms with Gasteiger partial charge < -0.3 is 15.0 Å². The van der Waals surface area contributed by atoms with E-state index in [1.807, 2.05) is 26.8 Å². The number of carbonyl (C=O) groups excluding carboxylic acids is 2. The third-order valence-electron chi connectivity index (χ3n) is 5.88. The van der Waals surface area contributed by atoms with Crippen LogP contribution in [-0.2, 0) is 26.2 Å². The number of amides is 2. The lowest BCUT2D eigenvalue weighted by Crippen LogP contribution is -2.54. The Bertz CT molecular complexity index is 1410. The summed E-state index contributed by atoms with van der Waals surface area (Å²) in [6, 6.07) is 20.5. The van der Waals surface area contributed by atoms with Crippen molar-refractivity contribution in [3.63, 3.8) is 0 Å². The third-order valence-corrected chi connectivity index (χ3v) is 7.98. The minimum atomic E-state index is -4.18. The highest BCUT2D eigenvalue weighted by molar-refractivity contribution is 7.92. The minimum Gasteiger partial charge on any atom is -0.497 e. The molecule has 3 aromatic rings. The maximum atomic E-state index is 14.0. The number of para-hydroxylation sites is 1. The topological polar surface area (TPSA) is 96.0 Å². The van der Waals surface area contributed by atoms with Crippen LogP contribution in [0.4, 0.5) is 5.69 Å². The van der Waals surface area contributed by atoms with Crippen molar-refractivity contribution in [1.82, 2.24) is 10.2 Å². The van der Waals surface area contributed by atoms with Gasteiger partial charge in [0.05, 0.1) is 22.7 Å². The second kappa shape index (κ2) is 12.5. The largest absolute Gasteiger partial charge is 0.497 e. The van der Waals surface area contributed by atoms with Crippen molar-refractivity contribution in [3.8, 4) is 5.75 Å². The summed E-state index contributed by atoms with van der Waals surface area (Å²) in [6.07, 6.45) is 0. The average molecular weight is 572 g/mol. The first kappa shape index (κ1) is 30.0. The van der Waals surface area contributed by atoms with Crippen molar-refractivity contribution >= 4 is 39.1 Å². The zero-order valence-corrected chi connectivity index (χ0v) is 24.3. The zero-order valence-electron chi connectivity index (χ0n) is 22.7. The molecule has 0 aliphatic rings. The maximum absolute atomic E-state index is 14.0. The van der Waals surface area contributed by atoms with Crippen molar-refractivity contribution in [1.29, 1.82) is 0 Å². The highest BCUT2D eigenvalue weighted by Crippen LogP contribution is 2.30. The van der Waals surface area contributed by atoms with Crippen molar-refractivity contribution in [2.45, 2.75) is 50.7 Å². The number of benzene rings is 3. The van der Waals surface area contributed by atoms with Gasteiger partial charge in [0.25, 0.3) is 10.0 Å². The summed E-state index contributed by atoms with van der Waals surface area (Å²) in [5.41, 5.74) is 0.342. The van der Waals surface area contributed by atoms with E-state index in [4.69, 9.17) is 16.3 Å². The number of nitrogens with zero attached hydrogens (tertiary/aromatic N) is 2. The number of rotatable bonds is 10. The molecule has 0 aliphatic carbocycles. The van der Waals surface area contributed by atoms with Gasteiger partial charge in [-0.05, 0) is 69.7 Å². The summed E-state index contributed by atoms with van der Waals surface area (Å²) in [7, 11) is -2.64. The Hall–Kier alpha value is -3.56. The van der Waals surface area contributed by atoms with Gasteiger partial charge in [-0.2, -0.15) is 0 Å². The molecule has 0 fully saturated rings. The van der Waals surface area contributed by atoms with Crippen LogP contribution in [0.3, 0.4) is 0 Å². The smallest absolute Gasteiger partial charge is 0.264 e. The molecule has 39 heavy (non-hydrogen) atoms. The molecule has 3 aromatic carbocycles. The number of methoxy groups -OCH3 is 1. The lowest BCUT2D eigenvalue weighted by Gasteiger charge is -2.33. The Labute approximate surface area is 235 Å². The standard InChI is InChI=1S/C29H34ClN3O5S/c1-21(28(35)31-29(2,3)4)32(19-22-12-11-13-23(18-22)38-5)27(34)20-33(26-17-10-9-16-25(26)30)39(36,37)24-14-7-6-8-15-24/h6-18,21H,19-20H2,1-5H3,(H,31,35)/t21-/m0/s1. The Kier molecular flexibility index (Phi) is 9.63. The molecule has 0 bridgehead atoms. The Morgan fingerprint density at radius 2 is 1.62 bits per heavy atom.